The van der Waals surface area contributed by atoms with Gasteiger partial charge in [0.1, 0.15) is 0 Å². The van der Waals surface area contributed by atoms with Crippen LogP contribution in [0.25, 0.3) is 0 Å². The van der Waals surface area contributed by atoms with Crippen LogP contribution >= 0.6 is 27.5 Å². The molecule has 1 heterocycles. The van der Waals surface area contributed by atoms with Crippen molar-refractivity contribution in [3.63, 3.8) is 0 Å². The van der Waals surface area contributed by atoms with E-state index in [0.717, 1.165) is 34.4 Å². The lowest BCUT2D eigenvalue weighted by Gasteiger charge is -2.37. The van der Waals surface area contributed by atoms with Crippen molar-refractivity contribution in [2.24, 2.45) is 0 Å². The van der Waals surface area contributed by atoms with Crippen molar-refractivity contribution < 1.29 is 9.69 Å². The molecule has 0 bridgehead atoms. The molecule has 5 heteroatoms. The van der Waals surface area contributed by atoms with Crippen molar-refractivity contribution in [2.75, 3.05) is 18.4 Å². The second-order valence-electron chi connectivity index (χ2n) is 6.06. The van der Waals surface area contributed by atoms with Crippen LogP contribution in [-0.4, -0.2) is 25.0 Å². The fourth-order valence-corrected chi connectivity index (χ4v) is 4.26. The van der Waals surface area contributed by atoms with Crippen molar-refractivity contribution in [2.45, 2.75) is 25.8 Å². The molecule has 1 amide bonds. The number of anilines is 1. The van der Waals surface area contributed by atoms with Gasteiger partial charge in [0, 0.05) is 15.2 Å². The molecule has 0 unspecified atom stereocenters. The Balaban J connectivity index is 2.22. The van der Waals surface area contributed by atoms with Gasteiger partial charge in [-0.3, -0.25) is 4.79 Å². The fraction of sp³-hybridized carbons (Fsp3) is 0.316. The molecule has 126 valence electrons. The van der Waals surface area contributed by atoms with Gasteiger partial charge in [-0.05, 0) is 49.2 Å². The van der Waals surface area contributed by atoms with Crippen LogP contribution in [0.3, 0.4) is 0 Å². The van der Waals surface area contributed by atoms with Gasteiger partial charge in [-0.15, -0.1) is 0 Å². The Morgan fingerprint density at radius 1 is 1.12 bits per heavy atom. The Morgan fingerprint density at radius 3 is 2.50 bits per heavy atom. The Kier molecular flexibility index (Phi) is 5.28. The number of halogens is 2. The van der Waals surface area contributed by atoms with E-state index in [2.05, 4.69) is 41.2 Å². The minimum atomic E-state index is -0.193. The largest absolute Gasteiger partial charge is 0.324 e. The Morgan fingerprint density at radius 2 is 1.83 bits per heavy atom. The summed E-state index contributed by atoms with van der Waals surface area (Å²) in [4.78, 5) is 14.2. The summed E-state index contributed by atoms with van der Waals surface area (Å²) >= 11 is 10.1. The van der Waals surface area contributed by atoms with Crippen LogP contribution < -0.4 is 10.2 Å². The summed E-state index contributed by atoms with van der Waals surface area (Å²) in [5, 5.41) is 3.79. The number of carbonyl (C=O) groups excluding carboxylic acids is 1. The predicted molar refractivity (Wildman–Crippen MR) is 102 cm³/mol. The van der Waals surface area contributed by atoms with Crippen molar-refractivity contribution in [1.82, 2.24) is 0 Å². The highest BCUT2D eigenvalue weighted by atomic mass is 79.9. The zero-order valence-electron chi connectivity index (χ0n) is 13.8. The van der Waals surface area contributed by atoms with E-state index in [1.54, 1.807) is 0 Å². The first-order valence-corrected chi connectivity index (χ1v) is 9.43. The fourth-order valence-electron chi connectivity index (χ4n) is 3.63. The van der Waals surface area contributed by atoms with Gasteiger partial charge in [0.2, 0.25) is 0 Å². The van der Waals surface area contributed by atoms with E-state index in [0.29, 0.717) is 5.02 Å². The monoisotopic (exact) mass is 407 g/mol. The molecule has 0 radical (unpaired) electrons. The third kappa shape index (κ3) is 3.10. The third-order valence-electron chi connectivity index (χ3n) is 4.81. The van der Waals surface area contributed by atoms with Crippen LogP contribution in [-0.2, 0) is 4.79 Å². The third-order valence-corrected chi connectivity index (χ3v) is 5.65. The van der Waals surface area contributed by atoms with E-state index in [1.807, 2.05) is 36.4 Å². The van der Waals surface area contributed by atoms with Gasteiger partial charge >= 0.3 is 0 Å². The molecular formula is C19H21BrClN2O+. The number of hydrogen-bond donors (Lipinski definition) is 2. The van der Waals surface area contributed by atoms with Crippen LogP contribution in [0.15, 0.2) is 46.9 Å². The molecule has 2 aromatic rings. The Hall–Kier alpha value is -1.36. The van der Waals surface area contributed by atoms with Gasteiger partial charge in [0.05, 0.1) is 19.0 Å². The molecule has 2 N–H and O–H groups in total. The molecule has 2 atom stereocenters. The maximum absolute atomic E-state index is 12.9. The number of amides is 1. The number of rotatable bonds is 4. The standard InChI is InChI=1S/C19H20BrClN2O/c1-3-23(4-2)18-17(13-7-5-6-8-15(13)21)14-11-12(20)9-10-16(14)22-19(18)24/h5-11,17-18H,3-4H2,1-2H3,(H,22,24)/p+1/t17-,18-/m0/s1. The van der Waals surface area contributed by atoms with Crippen molar-refractivity contribution in [3.05, 3.63) is 63.1 Å². The summed E-state index contributed by atoms with van der Waals surface area (Å²) in [5.74, 6) is 0.00305. The number of carbonyl (C=O) groups is 1. The van der Waals surface area contributed by atoms with Crippen LogP contribution in [0.2, 0.25) is 5.02 Å². The maximum atomic E-state index is 12.9. The number of likely N-dealkylation sites (N-methyl/N-ethyl adjacent to an activating group) is 1. The maximum Gasteiger partial charge on any atom is 0.283 e. The number of hydrogen-bond acceptors (Lipinski definition) is 1. The zero-order chi connectivity index (χ0) is 17.3. The molecule has 0 saturated heterocycles. The molecule has 0 saturated carbocycles. The summed E-state index contributed by atoms with van der Waals surface area (Å²) < 4.78 is 1.00. The van der Waals surface area contributed by atoms with Gasteiger partial charge < -0.3 is 10.2 Å². The second kappa shape index (κ2) is 7.26. The van der Waals surface area contributed by atoms with E-state index in [1.165, 1.54) is 4.90 Å². The highest BCUT2D eigenvalue weighted by Gasteiger charge is 2.43. The topological polar surface area (TPSA) is 33.5 Å². The molecule has 1 aliphatic rings. The molecule has 0 fully saturated rings. The van der Waals surface area contributed by atoms with E-state index in [9.17, 15) is 4.79 Å². The van der Waals surface area contributed by atoms with Crippen molar-refractivity contribution in [3.8, 4) is 0 Å². The van der Waals surface area contributed by atoms with Gasteiger partial charge in [0.25, 0.3) is 5.91 Å². The van der Waals surface area contributed by atoms with Gasteiger partial charge in [-0.1, -0.05) is 45.7 Å². The van der Waals surface area contributed by atoms with Gasteiger partial charge in [-0.2, -0.15) is 0 Å². The van der Waals surface area contributed by atoms with E-state index in [4.69, 9.17) is 11.6 Å². The summed E-state index contributed by atoms with van der Waals surface area (Å²) in [6.07, 6.45) is 0. The summed E-state index contributed by atoms with van der Waals surface area (Å²) in [5.41, 5.74) is 3.00. The molecule has 0 aromatic heterocycles. The minimum Gasteiger partial charge on any atom is -0.324 e. The lowest BCUT2D eigenvalue weighted by atomic mass is 9.80. The Bertz CT molecular complexity index is 761. The normalized spacial score (nSPS) is 20.0. The first-order chi connectivity index (χ1) is 11.6. The molecule has 0 aliphatic carbocycles. The first-order valence-electron chi connectivity index (χ1n) is 8.26. The van der Waals surface area contributed by atoms with Gasteiger partial charge in [-0.25, -0.2) is 0 Å². The highest BCUT2D eigenvalue weighted by molar-refractivity contribution is 9.10. The van der Waals surface area contributed by atoms with Gasteiger partial charge in [0.15, 0.2) is 6.04 Å². The first kappa shape index (κ1) is 17.5. The summed E-state index contributed by atoms with van der Waals surface area (Å²) in [6.45, 7) is 6.01. The van der Waals surface area contributed by atoms with Crippen molar-refractivity contribution in [1.29, 1.82) is 0 Å². The van der Waals surface area contributed by atoms with Crippen LogP contribution in [0.5, 0.6) is 0 Å². The number of quaternary nitrogens is 1. The SMILES string of the molecule is CC[NH+](CC)[C@@H]1C(=O)Nc2ccc(Br)cc2[C@@H]1c1ccccc1Cl. The Labute approximate surface area is 156 Å². The molecule has 3 rings (SSSR count). The van der Waals surface area contributed by atoms with Crippen molar-refractivity contribution >= 4 is 39.1 Å². The van der Waals surface area contributed by atoms with E-state index in [-0.39, 0.29) is 17.9 Å². The number of nitrogens with one attached hydrogen (secondary N) is 2. The number of benzene rings is 2. The summed E-state index contributed by atoms with van der Waals surface area (Å²) in [7, 11) is 0. The summed E-state index contributed by atoms with van der Waals surface area (Å²) in [6, 6.07) is 13.7. The minimum absolute atomic E-state index is 0.0603. The van der Waals surface area contributed by atoms with E-state index < -0.39 is 0 Å². The number of fused-ring (bicyclic) bond motifs is 1. The average Bonchev–Trinajstić information content (AvgIpc) is 2.57. The molecule has 0 spiro atoms. The predicted octanol–water partition coefficient (Wildman–Crippen LogP) is 3.48. The lowest BCUT2D eigenvalue weighted by molar-refractivity contribution is -0.913. The zero-order valence-corrected chi connectivity index (χ0v) is 16.1. The molecule has 2 aromatic carbocycles. The molecular weight excluding hydrogens is 388 g/mol. The van der Waals surface area contributed by atoms with Crippen LogP contribution in [0.1, 0.15) is 30.9 Å². The van der Waals surface area contributed by atoms with Crippen LogP contribution in [0.4, 0.5) is 5.69 Å². The molecule has 24 heavy (non-hydrogen) atoms. The second-order valence-corrected chi connectivity index (χ2v) is 7.39. The molecule has 1 aliphatic heterocycles. The smallest absolute Gasteiger partial charge is 0.283 e. The van der Waals surface area contributed by atoms with E-state index >= 15 is 0 Å². The average molecular weight is 409 g/mol. The highest BCUT2D eigenvalue weighted by Crippen LogP contribution is 2.40. The molecule has 3 nitrogen and oxygen atoms in total. The quantitative estimate of drug-likeness (QED) is 0.798. The van der Waals surface area contributed by atoms with Crippen LogP contribution in [0, 0.1) is 0 Å². The lowest BCUT2D eigenvalue weighted by Crippen LogP contribution is -3.17.